The summed E-state index contributed by atoms with van der Waals surface area (Å²) in [6.45, 7) is 0.659. The molecule has 1 aliphatic rings. The highest BCUT2D eigenvalue weighted by Gasteiger charge is 2.25. The zero-order valence-electron chi connectivity index (χ0n) is 9.76. The number of benzene rings is 1. The first-order valence-electron chi connectivity index (χ1n) is 5.95. The zero-order chi connectivity index (χ0) is 13.1. The van der Waals surface area contributed by atoms with E-state index in [2.05, 4.69) is 37.2 Å². The van der Waals surface area contributed by atoms with Crippen LogP contribution < -0.4 is 5.32 Å². The number of hydrogen-bond donors (Lipinski definition) is 1. The van der Waals surface area contributed by atoms with Gasteiger partial charge in [0.15, 0.2) is 0 Å². The summed E-state index contributed by atoms with van der Waals surface area (Å²) in [6, 6.07) is 5.57. The van der Waals surface area contributed by atoms with Crippen molar-refractivity contribution in [3.8, 4) is 0 Å². The Kier molecular flexibility index (Phi) is 5.10. The topological polar surface area (TPSA) is 29.1 Å². The summed E-state index contributed by atoms with van der Waals surface area (Å²) in [5.41, 5.74) is 0.647. The van der Waals surface area contributed by atoms with Gasteiger partial charge in [-0.15, -0.1) is 11.6 Å². The van der Waals surface area contributed by atoms with Crippen molar-refractivity contribution in [3.05, 3.63) is 32.7 Å². The highest BCUT2D eigenvalue weighted by Crippen LogP contribution is 2.29. The second-order valence-corrected chi connectivity index (χ2v) is 6.87. The summed E-state index contributed by atoms with van der Waals surface area (Å²) in [5, 5.41) is 3.17. The summed E-state index contributed by atoms with van der Waals surface area (Å²) in [5.74, 6) is 0.348. The van der Waals surface area contributed by atoms with Crippen molar-refractivity contribution in [2.75, 3.05) is 6.54 Å². The molecule has 0 aliphatic heterocycles. The minimum absolute atomic E-state index is 0.0565. The van der Waals surface area contributed by atoms with E-state index in [1.165, 1.54) is 0 Å². The molecule has 2 rings (SSSR count). The fraction of sp³-hybridized carbons (Fsp3) is 0.462. The van der Waals surface area contributed by atoms with Crippen molar-refractivity contribution in [1.29, 1.82) is 0 Å². The van der Waals surface area contributed by atoms with Gasteiger partial charge in [-0.25, -0.2) is 0 Å². The molecule has 1 aliphatic carbocycles. The molecule has 2 atom stereocenters. The van der Waals surface area contributed by atoms with Crippen molar-refractivity contribution in [3.63, 3.8) is 0 Å². The molecule has 1 aromatic rings. The first-order chi connectivity index (χ1) is 8.58. The van der Waals surface area contributed by atoms with Crippen LogP contribution in [0, 0.1) is 5.92 Å². The average molecular weight is 396 g/mol. The van der Waals surface area contributed by atoms with E-state index in [0.717, 1.165) is 28.2 Å². The van der Waals surface area contributed by atoms with E-state index in [9.17, 15) is 4.79 Å². The predicted molar refractivity (Wildman–Crippen MR) is 81.2 cm³/mol. The van der Waals surface area contributed by atoms with E-state index in [0.29, 0.717) is 18.0 Å². The molecule has 5 heteroatoms. The van der Waals surface area contributed by atoms with Gasteiger partial charge in [0.25, 0.3) is 5.91 Å². The van der Waals surface area contributed by atoms with E-state index < -0.39 is 0 Å². The Balaban J connectivity index is 1.97. The molecule has 1 amide bonds. The molecular weight excluding hydrogens is 381 g/mol. The summed E-state index contributed by atoms with van der Waals surface area (Å²) in [6.07, 6.45) is 3.33. The van der Waals surface area contributed by atoms with Crippen LogP contribution in [0.25, 0.3) is 0 Å². The number of carbonyl (C=O) groups excluding carboxylic acids is 1. The van der Waals surface area contributed by atoms with E-state index >= 15 is 0 Å². The number of halogens is 3. The predicted octanol–water partition coefficient (Wildman–Crippen LogP) is 4.35. The molecule has 0 radical (unpaired) electrons. The molecule has 0 bridgehead atoms. The number of carbonyl (C=O) groups is 1. The van der Waals surface area contributed by atoms with Gasteiger partial charge in [-0.05, 0) is 52.9 Å². The maximum atomic E-state index is 12.1. The summed E-state index contributed by atoms with van der Waals surface area (Å²) >= 11 is 13.0. The number of nitrogens with one attached hydrogen (secondary N) is 1. The zero-order valence-corrected chi connectivity index (χ0v) is 13.7. The van der Waals surface area contributed by atoms with Crippen molar-refractivity contribution in [1.82, 2.24) is 5.32 Å². The highest BCUT2D eigenvalue weighted by molar-refractivity contribution is 9.11. The fourth-order valence-electron chi connectivity index (χ4n) is 2.21. The van der Waals surface area contributed by atoms with Crippen LogP contribution in [0.4, 0.5) is 0 Å². The Morgan fingerprint density at radius 2 is 2.17 bits per heavy atom. The van der Waals surface area contributed by atoms with Gasteiger partial charge >= 0.3 is 0 Å². The first kappa shape index (κ1) is 14.4. The number of rotatable bonds is 3. The van der Waals surface area contributed by atoms with Gasteiger partial charge in [0.05, 0.1) is 5.56 Å². The van der Waals surface area contributed by atoms with E-state index in [1.807, 2.05) is 18.2 Å². The SMILES string of the molecule is O=C(NCC1CCCC1Cl)c1cc(Br)ccc1Br. The van der Waals surface area contributed by atoms with Crippen LogP contribution in [-0.2, 0) is 0 Å². The monoisotopic (exact) mass is 393 g/mol. The minimum atomic E-state index is -0.0565. The van der Waals surface area contributed by atoms with Crippen LogP contribution in [0.1, 0.15) is 29.6 Å². The maximum Gasteiger partial charge on any atom is 0.252 e. The van der Waals surface area contributed by atoms with Gasteiger partial charge in [0.2, 0.25) is 0 Å². The lowest BCUT2D eigenvalue weighted by molar-refractivity contribution is 0.0947. The Morgan fingerprint density at radius 1 is 1.39 bits per heavy atom. The summed E-state index contributed by atoms with van der Waals surface area (Å²) in [4.78, 5) is 12.1. The largest absolute Gasteiger partial charge is 0.352 e. The molecule has 0 spiro atoms. The van der Waals surface area contributed by atoms with Crippen molar-refractivity contribution >= 4 is 49.4 Å². The molecule has 0 aromatic heterocycles. The third kappa shape index (κ3) is 3.49. The number of alkyl halides is 1. The number of hydrogen-bond acceptors (Lipinski definition) is 1. The third-order valence-corrected chi connectivity index (χ3v) is 5.02. The fourth-order valence-corrected chi connectivity index (χ4v) is 3.37. The minimum Gasteiger partial charge on any atom is -0.352 e. The lowest BCUT2D eigenvalue weighted by Gasteiger charge is -2.15. The van der Waals surface area contributed by atoms with E-state index in [-0.39, 0.29) is 11.3 Å². The Bertz CT molecular complexity index is 453. The van der Waals surface area contributed by atoms with Crippen LogP contribution in [0.5, 0.6) is 0 Å². The molecule has 18 heavy (non-hydrogen) atoms. The second-order valence-electron chi connectivity index (χ2n) is 4.54. The molecule has 0 saturated heterocycles. The van der Waals surface area contributed by atoms with Crippen LogP contribution in [0.2, 0.25) is 0 Å². The van der Waals surface area contributed by atoms with E-state index in [4.69, 9.17) is 11.6 Å². The molecule has 1 saturated carbocycles. The Morgan fingerprint density at radius 3 is 2.83 bits per heavy atom. The highest BCUT2D eigenvalue weighted by atomic mass is 79.9. The quantitative estimate of drug-likeness (QED) is 0.758. The van der Waals surface area contributed by atoms with Crippen LogP contribution >= 0.6 is 43.5 Å². The summed E-state index contributed by atoms with van der Waals surface area (Å²) < 4.78 is 1.70. The van der Waals surface area contributed by atoms with Crippen molar-refractivity contribution < 1.29 is 4.79 Å². The molecule has 2 unspecified atom stereocenters. The smallest absolute Gasteiger partial charge is 0.252 e. The molecular formula is C13H14Br2ClNO. The molecule has 98 valence electrons. The van der Waals surface area contributed by atoms with Gasteiger partial charge in [0, 0.05) is 20.9 Å². The molecule has 1 N–H and O–H groups in total. The first-order valence-corrected chi connectivity index (χ1v) is 7.97. The van der Waals surface area contributed by atoms with Crippen LogP contribution in [0.3, 0.4) is 0 Å². The molecule has 1 fully saturated rings. The van der Waals surface area contributed by atoms with Crippen molar-refractivity contribution in [2.24, 2.45) is 5.92 Å². The van der Waals surface area contributed by atoms with Gasteiger partial charge < -0.3 is 5.32 Å². The van der Waals surface area contributed by atoms with Gasteiger partial charge in [-0.3, -0.25) is 4.79 Å². The normalized spacial score (nSPS) is 23.1. The second kappa shape index (κ2) is 6.40. The lowest BCUT2D eigenvalue weighted by Crippen LogP contribution is -2.31. The van der Waals surface area contributed by atoms with Gasteiger partial charge in [-0.1, -0.05) is 22.4 Å². The molecule has 1 aromatic carbocycles. The average Bonchev–Trinajstić information content (AvgIpc) is 2.75. The third-order valence-electron chi connectivity index (χ3n) is 3.26. The van der Waals surface area contributed by atoms with E-state index in [1.54, 1.807) is 0 Å². The van der Waals surface area contributed by atoms with Crippen LogP contribution in [0.15, 0.2) is 27.1 Å². The maximum absolute atomic E-state index is 12.1. The Hall–Kier alpha value is -0.0600. The molecule has 0 heterocycles. The van der Waals surface area contributed by atoms with Crippen molar-refractivity contribution in [2.45, 2.75) is 24.6 Å². The Labute approximate surface area is 129 Å². The standard InChI is InChI=1S/C13H14Br2ClNO/c14-9-4-5-11(15)10(6-9)13(18)17-7-8-2-1-3-12(8)16/h4-6,8,12H,1-3,7H2,(H,17,18). The lowest BCUT2D eigenvalue weighted by atomic mass is 10.1. The van der Waals surface area contributed by atoms with Gasteiger partial charge in [0.1, 0.15) is 0 Å². The van der Waals surface area contributed by atoms with Crippen LogP contribution in [-0.4, -0.2) is 17.8 Å². The number of amides is 1. The summed E-state index contributed by atoms with van der Waals surface area (Å²) in [7, 11) is 0. The molecule has 2 nitrogen and oxygen atoms in total. The van der Waals surface area contributed by atoms with Gasteiger partial charge in [-0.2, -0.15) is 0 Å².